The van der Waals surface area contributed by atoms with Crippen LogP contribution in [0.2, 0.25) is 0 Å². The quantitative estimate of drug-likeness (QED) is 0.784. The van der Waals surface area contributed by atoms with Crippen LogP contribution in [0.1, 0.15) is 47.3 Å². The predicted molar refractivity (Wildman–Crippen MR) is 111 cm³/mol. The molecule has 1 N–H and O–H groups in total. The molecule has 2 aliphatic heterocycles. The number of aromatic nitrogens is 2. The number of hydrogen-bond acceptors (Lipinski definition) is 5. The van der Waals surface area contributed by atoms with Crippen molar-refractivity contribution in [3.8, 4) is 0 Å². The molecule has 4 heterocycles. The van der Waals surface area contributed by atoms with E-state index < -0.39 is 0 Å². The molecule has 27 heavy (non-hydrogen) atoms. The van der Waals surface area contributed by atoms with E-state index in [-0.39, 0.29) is 23.9 Å². The number of rotatable bonds is 1. The van der Waals surface area contributed by atoms with Gasteiger partial charge in [0.15, 0.2) is 0 Å². The van der Waals surface area contributed by atoms with Crippen molar-refractivity contribution in [2.45, 2.75) is 39.0 Å². The van der Waals surface area contributed by atoms with Gasteiger partial charge in [-0.25, -0.2) is 4.98 Å². The van der Waals surface area contributed by atoms with E-state index >= 15 is 0 Å². The van der Waals surface area contributed by atoms with Gasteiger partial charge in [-0.2, -0.15) is 0 Å². The van der Waals surface area contributed by atoms with Crippen LogP contribution < -0.4 is 10.9 Å². The van der Waals surface area contributed by atoms with E-state index in [0.29, 0.717) is 20.5 Å². The number of thiophene rings is 1. The van der Waals surface area contributed by atoms with Gasteiger partial charge in [-0.3, -0.25) is 9.59 Å². The van der Waals surface area contributed by atoms with Crippen molar-refractivity contribution in [2.24, 2.45) is 12.5 Å². The van der Waals surface area contributed by atoms with E-state index in [1.807, 2.05) is 11.8 Å². The number of aryl methyl sites for hydroxylation is 2. The first-order valence-corrected chi connectivity index (χ1v) is 10.3. The van der Waals surface area contributed by atoms with E-state index in [1.54, 1.807) is 7.05 Å². The highest BCUT2D eigenvalue weighted by Crippen LogP contribution is 2.40. The Kier molecular flexibility index (Phi) is 5.93. The molecule has 0 aromatic carbocycles. The number of carbonyl (C=O) groups excluding carboxylic acids is 1. The summed E-state index contributed by atoms with van der Waals surface area (Å²) >= 11 is 1.36. The van der Waals surface area contributed by atoms with E-state index in [4.69, 9.17) is 0 Å². The first kappa shape index (κ1) is 20.3. The molecular formula is C19H27ClN4O2S. The molecule has 2 fully saturated rings. The Morgan fingerprint density at radius 2 is 1.96 bits per heavy atom. The first-order valence-electron chi connectivity index (χ1n) is 9.45. The van der Waals surface area contributed by atoms with Crippen LogP contribution in [0.5, 0.6) is 0 Å². The Hall–Kier alpha value is -1.44. The Morgan fingerprint density at radius 3 is 2.70 bits per heavy atom. The number of halogens is 1. The van der Waals surface area contributed by atoms with Crippen LogP contribution in [0, 0.1) is 12.3 Å². The largest absolute Gasteiger partial charge is 0.338 e. The molecule has 4 rings (SSSR count). The third-order valence-corrected chi connectivity index (χ3v) is 7.39. The molecular weight excluding hydrogens is 384 g/mol. The number of nitrogens with one attached hydrogen (secondary N) is 1. The minimum atomic E-state index is -0.0766. The lowest BCUT2D eigenvalue weighted by molar-refractivity contribution is 0.0755. The van der Waals surface area contributed by atoms with Crippen molar-refractivity contribution in [3.05, 3.63) is 27.1 Å². The number of likely N-dealkylation sites (tertiary alicyclic amines) is 1. The summed E-state index contributed by atoms with van der Waals surface area (Å²) < 4.78 is 1.48. The molecule has 0 atom stereocenters. The predicted octanol–water partition coefficient (Wildman–Crippen LogP) is 2.72. The highest BCUT2D eigenvalue weighted by atomic mass is 35.5. The summed E-state index contributed by atoms with van der Waals surface area (Å²) in [6.07, 6.45) is 7.33. The zero-order valence-corrected chi connectivity index (χ0v) is 17.5. The maximum absolute atomic E-state index is 13.2. The number of piperidine rings is 1. The van der Waals surface area contributed by atoms with Crippen LogP contribution in [0.4, 0.5) is 0 Å². The van der Waals surface area contributed by atoms with Gasteiger partial charge in [-0.05, 0) is 63.1 Å². The van der Waals surface area contributed by atoms with E-state index in [1.165, 1.54) is 41.5 Å². The summed E-state index contributed by atoms with van der Waals surface area (Å²) in [5.41, 5.74) is 1.12. The van der Waals surface area contributed by atoms with Gasteiger partial charge >= 0.3 is 0 Å². The van der Waals surface area contributed by atoms with E-state index in [2.05, 4.69) is 10.3 Å². The van der Waals surface area contributed by atoms with E-state index in [9.17, 15) is 9.59 Å². The van der Waals surface area contributed by atoms with Gasteiger partial charge in [0.25, 0.3) is 11.5 Å². The Morgan fingerprint density at radius 1 is 1.22 bits per heavy atom. The standard InChI is InChI=1S/C19H26N4O2S.ClH/c1-13-14-16(21-12-22(2)17(14)24)26-15(13)18(25)23-10-3-4-19(7-11-23)5-8-20-9-6-19;/h12,20H,3-11H2,1-2H3;1H. The van der Waals surface area contributed by atoms with Crippen LogP contribution >= 0.6 is 23.7 Å². The second-order valence-corrected chi connectivity index (χ2v) is 8.79. The molecule has 148 valence electrons. The number of nitrogens with zero attached hydrogens (tertiary/aromatic N) is 3. The van der Waals surface area contributed by atoms with Crippen LogP contribution in [-0.4, -0.2) is 46.5 Å². The van der Waals surface area contributed by atoms with Crippen molar-refractivity contribution in [3.63, 3.8) is 0 Å². The average Bonchev–Trinajstić information content (AvgIpc) is 2.85. The molecule has 0 aliphatic carbocycles. The molecule has 6 nitrogen and oxygen atoms in total. The molecule has 2 aromatic rings. The number of hydrogen-bond donors (Lipinski definition) is 1. The van der Waals surface area contributed by atoms with Crippen molar-refractivity contribution < 1.29 is 4.79 Å². The molecule has 0 bridgehead atoms. The van der Waals surface area contributed by atoms with Crippen LogP contribution in [-0.2, 0) is 7.05 Å². The topological polar surface area (TPSA) is 67.2 Å². The molecule has 0 radical (unpaired) electrons. The van der Waals surface area contributed by atoms with Gasteiger partial charge in [0.1, 0.15) is 4.83 Å². The normalized spacial score (nSPS) is 19.7. The zero-order valence-electron chi connectivity index (χ0n) is 15.9. The Balaban J connectivity index is 0.00000210. The van der Waals surface area contributed by atoms with E-state index in [0.717, 1.165) is 44.6 Å². The molecule has 2 aromatic heterocycles. The third-order valence-electron chi connectivity index (χ3n) is 6.20. The minimum Gasteiger partial charge on any atom is -0.338 e. The van der Waals surface area contributed by atoms with Crippen molar-refractivity contribution >= 4 is 39.9 Å². The summed E-state index contributed by atoms with van der Waals surface area (Å²) in [6, 6.07) is 0. The van der Waals surface area contributed by atoms with Crippen molar-refractivity contribution in [2.75, 3.05) is 26.2 Å². The highest BCUT2D eigenvalue weighted by Gasteiger charge is 2.35. The summed E-state index contributed by atoms with van der Waals surface area (Å²) in [5, 5.41) is 4.04. The zero-order chi connectivity index (χ0) is 18.3. The SMILES string of the molecule is Cc1c(C(=O)N2CCCC3(CCNCC3)CC2)sc2ncn(C)c(=O)c12.Cl. The van der Waals surface area contributed by atoms with Gasteiger partial charge in [0, 0.05) is 20.1 Å². The fourth-order valence-electron chi connectivity index (χ4n) is 4.47. The molecule has 2 aliphatic rings. The molecule has 2 saturated heterocycles. The minimum absolute atomic E-state index is 0. The summed E-state index contributed by atoms with van der Waals surface area (Å²) in [5.74, 6) is 0.0681. The van der Waals surface area contributed by atoms with Crippen LogP contribution in [0.25, 0.3) is 10.2 Å². The lowest BCUT2D eigenvalue weighted by atomic mass is 9.73. The smallest absolute Gasteiger partial charge is 0.264 e. The average molecular weight is 411 g/mol. The molecule has 1 amide bonds. The lowest BCUT2D eigenvalue weighted by Crippen LogP contribution is -2.38. The molecule has 8 heteroatoms. The van der Waals surface area contributed by atoms with Gasteiger partial charge in [-0.1, -0.05) is 0 Å². The van der Waals surface area contributed by atoms with Crippen LogP contribution in [0.15, 0.2) is 11.1 Å². The maximum Gasteiger partial charge on any atom is 0.264 e. The number of amides is 1. The fourth-order valence-corrected chi connectivity index (χ4v) is 5.58. The molecule has 0 unspecified atom stereocenters. The fraction of sp³-hybridized carbons (Fsp3) is 0.632. The molecule has 1 spiro atoms. The second kappa shape index (κ2) is 7.89. The lowest BCUT2D eigenvalue weighted by Gasteiger charge is -2.37. The van der Waals surface area contributed by atoms with Gasteiger partial charge in [0.05, 0.1) is 16.6 Å². The number of carbonyl (C=O) groups is 1. The Labute approximate surface area is 169 Å². The maximum atomic E-state index is 13.2. The van der Waals surface area contributed by atoms with Crippen LogP contribution in [0.3, 0.4) is 0 Å². The molecule has 0 saturated carbocycles. The summed E-state index contributed by atoms with van der Waals surface area (Å²) in [7, 11) is 1.70. The monoisotopic (exact) mass is 410 g/mol. The van der Waals surface area contributed by atoms with Gasteiger partial charge in [0.2, 0.25) is 0 Å². The highest BCUT2D eigenvalue weighted by molar-refractivity contribution is 7.20. The van der Waals surface area contributed by atoms with Crippen molar-refractivity contribution in [1.82, 2.24) is 19.8 Å². The first-order chi connectivity index (χ1) is 12.5. The second-order valence-electron chi connectivity index (χ2n) is 7.79. The van der Waals surface area contributed by atoms with Crippen molar-refractivity contribution in [1.29, 1.82) is 0 Å². The van der Waals surface area contributed by atoms with Gasteiger partial charge in [-0.15, -0.1) is 23.7 Å². The summed E-state index contributed by atoms with van der Waals surface area (Å²) in [4.78, 5) is 33.3. The van der Waals surface area contributed by atoms with Gasteiger partial charge < -0.3 is 14.8 Å². The number of fused-ring (bicyclic) bond motifs is 1. The summed E-state index contributed by atoms with van der Waals surface area (Å²) in [6.45, 7) is 5.70. The third kappa shape index (κ3) is 3.65. The Bertz CT molecular complexity index is 901.